The van der Waals surface area contributed by atoms with Crippen molar-refractivity contribution in [3.05, 3.63) is 35.9 Å². The average Bonchev–Trinajstić information content (AvgIpc) is 2.81. The quantitative estimate of drug-likeness (QED) is 0.785. The smallest absolute Gasteiger partial charge is 0.326 e. The monoisotopic (exact) mass is 245 g/mol. The van der Waals surface area contributed by atoms with Crippen LogP contribution in [0.15, 0.2) is 35.5 Å². The maximum Gasteiger partial charge on any atom is 0.326 e. The van der Waals surface area contributed by atoms with E-state index in [-0.39, 0.29) is 5.91 Å². The van der Waals surface area contributed by atoms with Gasteiger partial charge in [-0.1, -0.05) is 35.5 Å². The van der Waals surface area contributed by atoms with Gasteiger partial charge in [0, 0.05) is 12.6 Å². The zero-order valence-electron chi connectivity index (χ0n) is 9.66. The minimum absolute atomic E-state index is 0.302. The summed E-state index contributed by atoms with van der Waals surface area (Å²) in [4.78, 5) is 29.7. The Balaban J connectivity index is 1.96. The first-order valence-corrected chi connectivity index (χ1v) is 5.55. The highest BCUT2D eigenvalue weighted by Crippen LogP contribution is 2.26. The number of nitrogens with zero attached hydrogens (tertiary/aromatic N) is 2. The molecule has 0 aliphatic carbocycles. The van der Waals surface area contributed by atoms with Crippen LogP contribution in [0.3, 0.4) is 0 Å². The van der Waals surface area contributed by atoms with E-state index >= 15 is 0 Å². The predicted molar refractivity (Wildman–Crippen MR) is 62.6 cm³/mol. The van der Waals surface area contributed by atoms with Gasteiger partial charge in [-0.15, -0.1) is 0 Å². The number of fused-ring (bicyclic) bond motifs is 1. The third-order valence-corrected chi connectivity index (χ3v) is 3.10. The first-order chi connectivity index (χ1) is 8.68. The Labute approximate surface area is 103 Å². The van der Waals surface area contributed by atoms with Crippen molar-refractivity contribution in [2.24, 2.45) is 11.1 Å². The summed E-state index contributed by atoms with van der Waals surface area (Å²) in [6, 6.07) is 8.85. The Hall–Kier alpha value is -2.37. The minimum atomic E-state index is -0.698. The molecule has 3 rings (SSSR count). The lowest BCUT2D eigenvalue weighted by Gasteiger charge is -2.29. The van der Waals surface area contributed by atoms with Gasteiger partial charge in [0.1, 0.15) is 11.6 Å². The molecule has 2 aliphatic rings. The van der Waals surface area contributed by atoms with Gasteiger partial charge in [0.05, 0.1) is 0 Å². The maximum atomic E-state index is 12.1. The van der Waals surface area contributed by atoms with Gasteiger partial charge in [-0.2, -0.15) is 0 Å². The summed E-state index contributed by atoms with van der Waals surface area (Å²) in [7, 11) is 1.44. The SMILES string of the molecule is CN1C(=O)N[C@H]2ON=C(c3ccccc3)[C@H]2C1=O. The van der Waals surface area contributed by atoms with Gasteiger partial charge in [-0.05, 0) is 0 Å². The van der Waals surface area contributed by atoms with E-state index < -0.39 is 18.2 Å². The van der Waals surface area contributed by atoms with Crippen molar-refractivity contribution in [1.29, 1.82) is 0 Å². The number of hydrogen-bond acceptors (Lipinski definition) is 4. The first-order valence-electron chi connectivity index (χ1n) is 5.55. The molecule has 0 aromatic heterocycles. The second kappa shape index (κ2) is 3.83. The van der Waals surface area contributed by atoms with E-state index in [9.17, 15) is 9.59 Å². The molecule has 6 nitrogen and oxygen atoms in total. The molecule has 1 fully saturated rings. The van der Waals surface area contributed by atoms with E-state index in [2.05, 4.69) is 10.5 Å². The fourth-order valence-corrected chi connectivity index (χ4v) is 2.10. The number of rotatable bonds is 1. The molecule has 18 heavy (non-hydrogen) atoms. The van der Waals surface area contributed by atoms with Crippen molar-refractivity contribution < 1.29 is 14.4 Å². The van der Waals surface area contributed by atoms with Crippen LogP contribution in [0.25, 0.3) is 0 Å². The van der Waals surface area contributed by atoms with Crippen LogP contribution in [0.2, 0.25) is 0 Å². The molecule has 1 aromatic rings. The standard InChI is InChI=1S/C12H11N3O3/c1-15-11(16)8-9(7-5-3-2-4-6-7)14-18-10(8)13-12(15)17/h2-6,8,10H,1H3,(H,13,17)/t8-,10+/m1/s1. The second-order valence-corrected chi connectivity index (χ2v) is 4.19. The molecule has 1 N–H and O–H groups in total. The topological polar surface area (TPSA) is 71.0 Å². The number of urea groups is 1. The van der Waals surface area contributed by atoms with Crippen LogP contribution in [-0.4, -0.2) is 35.8 Å². The molecule has 2 atom stereocenters. The number of imide groups is 1. The van der Waals surface area contributed by atoms with Crippen LogP contribution >= 0.6 is 0 Å². The number of oxime groups is 1. The van der Waals surface area contributed by atoms with Crippen LogP contribution in [0.4, 0.5) is 4.79 Å². The van der Waals surface area contributed by atoms with E-state index in [1.807, 2.05) is 30.3 Å². The predicted octanol–water partition coefficient (Wildman–Crippen LogP) is 0.545. The molecule has 0 radical (unpaired) electrons. The lowest BCUT2D eigenvalue weighted by molar-refractivity contribution is -0.135. The third-order valence-electron chi connectivity index (χ3n) is 3.10. The van der Waals surface area contributed by atoms with Crippen LogP contribution in [0.1, 0.15) is 5.56 Å². The summed E-state index contributed by atoms with van der Waals surface area (Å²) in [5.41, 5.74) is 1.38. The molecule has 6 heteroatoms. The molecule has 92 valence electrons. The third kappa shape index (κ3) is 1.46. The lowest BCUT2D eigenvalue weighted by Crippen LogP contribution is -2.59. The van der Waals surface area contributed by atoms with Crippen LogP contribution in [0, 0.1) is 5.92 Å². The summed E-state index contributed by atoms with van der Waals surface area (Å²) in [6.45, 7) is 0. The molecular weight excluding hydrogens is 234 g/mol. The van der Waals surface area contributed by atoms with Gasteiger partial charge in [-0.3, -0.25) is 15.0 Å². The van der Waals surface area contributed by atoms with E-state index in [1.165, 1.54) is 7.05 Å². The highest BCUT2D eigenvalue weighted by atomic mass is 16.7. The summed E-state index contributed by atoms with van der Waals surface area (Å²) >= 11 is 0. The minimum Gasteiger partial charge on any atom is -0.369 e. The lowest BCUT2D eigenvalue weighted by atomic mass is 9.93. The molecule has 0 spiro atoms. The normalized spacial score (nSPS) is 26.3. The largest absolute Gasteiger partial charge is 0.369 e. The van der Waals surface area contributed by atoms with Gasteiger partial charge in [0.15, 0.2) is 0 Å². The van der Waals surface area contributed by atoms with Gasteiger partial charge in [0.25, 0.3) is 0 Å². The van der Waals surface area contributed by atoms with Crippen molar-refractivity contribution in [2.75, 3.05) is 7.05 Å². The summed E-state index contributed by atoms with van der Waals surface area (Å²) in [5, 5.41) is 6.51. The fourth-order valence-electron chi connectivity index (χ4n) is 2.10. The highest BCUT2D eigenvalue weighted by molar-refractivity contribution is 6.17. The van der Waals surface area contributed by atoms with Gasteiger partial charge < -0.3 is 4.84 Å². The van der Waals surface area contributed by atoms with E-state index in [0.717, 1.165) is 10.5 Å². The van der Waals surface area contributed by atoms with Gasteiger partial charge in [-0.25, -0.2) is 4.79 Å². The summed E-state index contributed by atoms with van der Waals surface area (Å²) in [5.74, 6) is -0.876. The highest BCUT2D eigenvalue weighted by Gasteiger charge is 2.47. The number of amides is 3. The zero-order chi connectivity index (χ0) is 12.7. The van der Waals surface area contributed by atoms with Crippen molar-refractivity contribution >= 4 is 17.6 Å². The molecular formula is C12H11N3O3. The number of hydrogen-bond donors (Lipinski definition) is 1. The number of nitrogens with one attached hydrogen (secondary N) is 1. The van der Waals surface area contributed by atoms with Crippen LogP contribution in [0.5, 0.6) is 0 Å². The van der Waals surface area contributed by atoms with E-state index in [0.29, 0.717) is 5.71 Å². The summed E-state index contributed by atoms with van der Waals surface area (Å²) in [6.07, 6.45) is -0.698. The molecule has 1 aromatic carbocycles. The van der Waals surface area contributed by atoms with E-state index in [4.69, 9.17) is 4.84 Å². The number of benzene rings is 1. The van der Waals surface area contributed by atoms with Crippen molar-refractivity contribution in [1.82, 2.24) is 10.2 Å². The Morgan fingerprint density at radius 3 is 2.72 bits per heavy atom. The number of carbonyl (C=O) groups excluding carboxylic acids is 2. The van der Waals surface area contributed by atoms with Crippen LogP contribution < -0.4 is 5.32 Å². The molecule has 3 amide bonds. The Bertz CT molecular complexity index is 541. The van der Waals surface area contributed by atoms with Crippen molar-refractivity contribution in [3.8, 4) is 0 Å². The zero-order valence-corrected chi connectivity index (χ0v) is 9.66. The Morgan fingerprint density at radius 1 is 1.28 bits per heavy atom. The van der Waals surface area contributed by atoms with Gasteiger partial charge >= 0.3 is 6.03 Å². The van der Waals surface area contributed by atoms with E-state index in [1.54, 1.807) is 0 Å². The molecule has 0 unspecified atom stereocenters. The Morgan fingerprint density at radius 2 is 2.00 bits per heavy atom. The Kier molecular flexibility index (Phi) is 2.29. The molecule has 0 saturated carbocycles. The molecule has 1 saturated heterocycles. The molecule has 2 aliphatic heterocycles. The maximum absolute atomic E-state index is 12.1. The van der Waals surface area contributed by atoms with Crippen LogP contribution in [-0.2, 0) is 9.63 Å². The van der Waals surface area contributed by atoms with Crippen molar-refractivity contribution in [2.45, 2.75) is 6.23 Å². The second-order valence-electron chi connectivity index (χ2n) is 4.19. The number of carbonyl (C=O) groups is 2. The van der Waals surface area contributed by atoms with Gasteiger partial charge in [0.2, 0.25) is 12.1 Å². The first kappa shape index (κ1) is 10.8. The average molecular weight is 245 g/mol. The molecule has 0 bridgehead atoms. The molecule has 2 heterocycles. The fraction of sp³-hybridized carbons (Fsp3) is 0.250. The van der Waals surface area contributed by atoms with Crippen molar-refractivity contribution in [3.63, 3.8) is 0 Å². The summed E-state index contributed by atoms with van der Waals surface area (Å²) < 4.78 is 0.